The van der Waals surface area contributed by atoms with Gasteiger partial charge in [-0.2, -0.15) is 0 Å². The number of methoxy groups -OCH3 is 1. The van der Waals surface area contributed by atoms with E-state index in [2.05, 4.69) is 51.6 Å². The number of ether oxygens (including phenoxy) is 1. The highest BCUT2D eigenvalue weighted by atomic mass is 32.1. The summed E-state index contributed by atoms with van der Waals surface area (Å²) in [6, 6.07) is 18.7. The average molecular weight is 380 g/mol. The van der Waals surface area contributed by atoms with Crippen LogP contribution in [0.4, 0.5) is 5.69 Å². The first-order chi connectivity index (χ1) is 13.3. The molecule has 0 radical (unpaired) electrons. The molecule has 0 N–H and O–H groups in total. The Morgan fingerprint density at radius 3 is 2.63 bits per heavy atom. The maximum absolute atomic E-state index is 5.54. The second-order valence-corrected chi connectivity index (χ2v) is 7.66. The molecule has 0 bridgehead atoms. The summed E-state index contributed by atoms with van der Waals surface area (Å²) in [5.41, 5.74) is 3.57. The first-order valence-corrected chi connectivity index (χ1v) is 10.3. The van der Waals surface area contributed by atoms with E-state index in [0.717, 1.165) is 49.9 Å². The maximum Gasteiger partial charge on any atom is 0.142 e. The van der Waals surface area contributed by atoms with Crippen LogP contribution in [0.1, 0.15) is 12.1 Å². The predicted molar refractivity (Wildman–Crippen MR) is 113 cm³/mol. The lowest BCUT2D eigenvalue weighted by Crippen LogP contribution is -2.30. The first-order valence-electron chi connectivity index (χ1n) is 9.43. The van der Waals surface area contributed by atoms with E-state index in [1.165, 1.54) is 16.9 Å². The number of anilines is 1. The molecule has 2 heterocycles. The van der Waals surface area contributed by atoms with E-state index in [0.29, 0.717) is 0 Å². The number of para-hydroxylation sites is 2. The van der Waals surface area contributed by atoms with Crippen LogP contribution in [0.3, 0.4) is 0 Å². The molecule has 1 aliphatic rings. The molecule has 0 saturated carbocycles. The van der Waals surface area contributed by atoms with Crippen molar-refractivity contribution in [3.63, 3.8) is 0 Å². The average Bonchev–Trinajstić information content (AvgIpc) is 3.07. The summed E-state index contributed by atoms with van der Waals surface area (Å²) in [5.74, 6) is 0.956. The minimum Gasteiger partial charge on any atom is -0.495 e. The first kappa shape index (κ1) is 18.0. The van der Waals surface area contributed by atoms with Gasteiger partial charge >= 0.3 is 0 Å². The van der Waals surface area contributed by atoms with E-state index in [1.807, 2.05) is 18.2 Å². The third kappa shape index (κ3) is 4.31. The summed E-state index contributed by atoms with van der Waals surface area (Å²) in [6.07, 6.45) is 1.15. The van der Waals surface area contributed by atoms with Gasteiger partial charge in [-0.1, -0.05) is 42.5 Å². The summed E-state index contributed by atoms with van der Waals surface area (Å²) in [7, 11) is 1.75. The van der Waals surface area contributed by atoms with Gasteiger partial charge in [0.1, 0.15) is 10.8 Å². The van der Waals surface area contributed by atoms with Crippen molar-refractivity contribution in [3.8, 4) is 16.3 Å². The van der Waals surface area contributed by atoms with Crippen molar-refractivity contribution < 1.29 is 4.74 Å². The van der Waals surface area contributed by atoms with E-state index in [-0.39, 0.29) is 0 Å². The molecule has 4 nitrogen and oxygen atoms in total. The van der Waals surface area contributed by atoms with E-state index >= 15 is 0 Å². The molecule has 4 rings (SSSR count). The zero-order valence-corrected chi connectivity index (χ0v) is 16.5. The van der Waals surface area contributed by atoms with Gasteiger partial charge in [-0.05, 0) is 18.6 Å². The molecule has 1 fully saturated rings. The topological polar surface area (TPSA) is 28.6 Å². The van der Waals surface area contributed by atoms with Crippen LogP contribution < -0.4 is 9.64 Å². The van der Waals surface area contributed by atoms with Crippen molar-refractivity contribution in [3.05, 3.63) is 65.7 Å². The van der Waals surface area contributed by atoms with Crippen LogP contribution in [0, 0.1) is 0 Å². The summed E-state index contributed by atoms with van der Waals surface area (Å²) in [5, 5.41) is 3.31. The molecule has 0 aliphatic carbocycles. The third-order valence-corrected chi connectivity index (χ3v) is 5.91. The van der Waals surface area contributed by atoms with Gasteiger partial charge in [0.25, 0.3) is 0 Å². The van der Waals surface area contributed by atoms with Crippen molar-refractivity contribution in [2.45, 2.75) is 13.0 Å². The van der Waals surface area contributed by atoms with Crippen molar-refractivity contribution in [1.82, 2.24) is 9.88 Å². The highest BCUT2D eigenvalue weighted by Gasteiger charge is 2.18. The molecule has 5 heteroatoms. The molecule has 0 atom stereocenters. The van der Waals surface area contributed by atoms with Crippen LogP contribution in [-0.4, -0.2) is 43.2 Å². The zero-order valence-electron chi connectivity index (χ0n) is 15.7. The highest BCUT2D eigenvalue weighted by molar-refractivity contribution is 7.13. The Labute approximate surface area is 165 Å². The molecule has 27 heavy (non-hydrogen) atoms. The molecule has 2 aromatic carbocycles. The van der Waals surface area contributed by atoms with Crippen LogP contribution in [-0.2, 0) is 6.54 Å². The monoisotopic (exact) mass is 379 g/mol. The number of benzene rings is 2. The van der Waals surface area contributed by atoms with Crippen LogP contribution in [0.2, 0.25) is 0 Å². The molecule has 1 aliphatic heterocycles. The standard InChI is InChI=1S/C22H25N3OS/c1-26-21-11-6-5-10-20(21)25-13-7-12-24(14-15-25)16-19-17-27-22(23-19)18-8-3-2-4-9-18/h2-6,8-11,17H,7,12-16H2,1H3. The lowest BCUT2D eigenvalue weighted by Gasteiger charge is -2.25. The summed E-state index contributed by atoms with van der Waals surface area (Å²) in [6.45, 7) is 5.13. The molecule has 0 amide bonds. The fourth-order valence-electron chi connectivity index (χ4n) is 3.58. The van der Waals surface area contributed by atoms with Crippen LogP contribution in [0.5, 0.6) is 5.75 Å². The van der Waals surface area contributed by atoms with Crippen LogP contribution in [0.15, 0.2) is 60.0 Å². The fraction of sp³-hybridized carbons (Fsp3) is 0.318. The zero-order chi connectivity index (χ0) is 18.5. The van der Waals surface area contributed by atoms with Gasteiger partial charge in [-0.3, -0.25) is 4.90 Å². The third-order valence-electron chi connectivity index (χ3n) is 4.97. The molecule has 0 unspecified atom stereocenters. The summed E-state index contributed by atoms with van der Waals surface area (Å²) >= 11 is 1.73. The van der Waals surface area contributed by atoms with E-state index < -0.39 is 0 Å². The quantitative estimate of drug-likeness (QED) is 0.651. The smallest absolute Gasteiger partial charge is 0.142 e. The second kappa shape index (κ2) is 8.55. The Morgan fingerprint density at radius 1 is 0.963 bits per heavy atom. The number of hydrogen-bond acceptors (Lipinski definition) is 5. The Bertz CT molecular complexity index is 865. The number of nitrogens with zero attached hydrogens (tertiary/aromatic N) is 3. The Morgan fingerprint density at radius 2 is 1.78 bits per heavy atom. The molecule has 1 aromatic heterocycles. The lowest BCUT2D eigenvalue weighted by molar-refractivity contribution is 0.282. The molecular formula is C22H25N3OS. The number of rotatable bonds is 5. The van der Waals surface area contributed by atoms with Crippen molar-refractivity contribution >= 4 is 17.0 Å². The maximum atomic E-state index is 5.54. The normalized spacial score (nSPS) is 15.5. The molecule has 1 saturated heterocycles. The Kier molecular flexibility index (Phi) is 5.70. The van der Waals surface area contributed by atoms with Gasteiger partial charge in [0.05, 0.1) is 18.5 Å². The molecule has 3 aromatic rings. The molecule has 0 spiro atoms. The minimum absolute atomic E-state index is 0.920. The van der Waals surface area contributed by atoms with Gasteiger partial charge in [0.15, 0.2) is 0 Å². The Balaban J connectivity index is 1.40. The van der Waals surface area contributed by atoms with E-state index in [1.54, 1.807) is 18.4 Å². The van der Waals surface area contributed by atoms with Crippen LogP contribution >= 0.6 is 11.3 Å². The highest BCUT2D eigenvalue weighted by Crippen LogP contribution is 2.29. The van der Waals surface area contributed by atoms with Gasteiger partial charge in [-0.25, -0.2) is 4.98 Å². The predicted octanol–water partition coefficient (Wildman–Crippen LogP) is 4.53. The summed E-state index contributed by atoms with van der Waals surface area (Å²) in [4.78, 5) is 9.81. The van der Waals surface area contributed by atoms with E-state index in [9.17, 15) is 0 Å². The lowest BCUT2D eigenvalue weighted by atomic mass is 10.2. The van der Waals surface area contributed by atoms with Crippen LogP contribution in [0.25, 0.3) is 10.6 Å². The van der Waals surface area contributed by atoms with Gasteiger partial charge in [0.2, 0.25) is 0 Å². The van der Waals surface area contributed by atoms with Gasteiger partial charge in [-0.15, -0.1) is 11.3 Å². The minimum atomic E-state index is 0.920. The number of aromatic nitrogens is 1. The molecule has 140 valence electrons. The fourth-order valence-corrected chi connectivity index (χ4v) is 4.40. The van der Waals surface area contributed by atoms with Crippen molar-refractivity contribution in [1.29, 1.82) is 0 Å². The number of thiazole rings is 1. The number of hydrogen-bond donors (Lipinski definition) is 0. The molecular weight excluding hydrogens is 354 g/mol. The van der Waals surface area contributed by atoms with Crippen molar-refractivity contribution in [2.24, 2.45) is 0 Å². The SMILES string of the molecule is COc1ccccc1N1CCCN(Cc2csc(-c3ccccc3)n2)CC1. The van der Waals surface area contributed by atoms with Crippen molar-refractivity contribution in [2.75, 3.05) is 38.2 Å². The van der Waals surface area contributed by atoms with E-state index in [4.69, 9.17) is 9.72 Å². The Hall–Kier alpha value is -2.37. The van der Waals surface area contributed by atoms with Gasteiger partial charge < -0.3 is 9.64 Å². The van der Waals surface area contributed by atoms with Gasteiger partial charge in [0, 0.05) is 43.7 Å². The second-order valence-electron chi connectivity index (χ2n) is 6.80. The summed E-state index contributed by atoms with van der Waals surface area (Å²) < 4.78 is 5.54. The largest absolute Gasteiger partial charge is 0.495 e.